The SMILES string of the molecule is CC(C)CCN1C[C@H](NC(=O)OC(C)(C)C)C(=O)N(Cc2cccc3ccccc23)c2ccccc21. The second-order valence-electron chi connectivity index (χ2n) is 10.9. The van der Waals surface area contributed by atoms with Crippen LogP contribution in [0.2, 0.25) is 0 Å². The lowest BCUT2D eigenvalue weighted by molar-refractivity contribution is -0.120. The summed E-state index contributed by atoms with van der Waals surface area (Å²) in [7, 11) is 0. The third kappa shape index (κ3) is 5.99. The minimum atomic E-state index is -0.741. The van der Waals surface area contributed by atoms with Crippen LogP contribution in [0.1, 0.15) is 46.6 Å². The predicted octanol–water partition coefficient (Wildman–Crippen LogP) is 6.13. The first-order valence-corrected chi connectivity index (χ1v) is 12.7. The van der Waals surface area contributed by atoms with Crippen LogP contribution in [0.3, 0.4) is 0 Å². The smallest absolute Gasteiger partial charge is 0.408 e. The van der Waals surface area contributed by atoms with Crippen molar-refractivity contribution in [3.05, 3.63) is 72.3 Å². The van der Waals surface area contributed by atoms with Gasteiger partial charge >= 0.3 is 6.09 Å². The summed E-state index contributed by atoms with van der Waals surface area (Å²) in [6, 6.07) is 21.7. The predicted molar refractivity (Wildman–Crippen MR) is 146 cm³/mol. The Morgan fingerprint density at radius 2 is 1.67 bits per heavy atom. The van der Waals surface area contributed by atoms with Gasteiger partial charge in [-0.2, -0.15) is 0 Å². The largest absolute Gasteiger partial charge is 0.444 e. The van der Waals surface area contributed by atoms with E-state index in [-0.39, 0.29) is 5.91 Å². The van der Waals surface area contributed by atoms with E-state index in [1.807, 2.05) is 62.1 Å². The van der Waals surface area contributed by atoms with Crippen LogP contribution in [0.25, 0.3) is 10.8 Å². The molecule has 0 aliphatic carbocycles. The molecule has 0 unspecified atom stereocenters. The summed E-state index contributed by atoms with van der Waals surface area (Å²) in [5.41, 5.74) is 2.26. The van der Waals surface area contributed by atoms with Gasteiger partial charge in [0.05, 0.1) is 17.9 Å². The third-order valence-electron chi connectivity index (χ3n) is 6.36. The Bertz CT molecular complexity index is 1230. The molecule has 0 radical (unpaired) electrons. The second-order valence-corrected chi connectivity index (χ2v) is 10.9. The van der Waals surface area contributed by atoms with Gasteiger partial charge in [-0.25, -0.2) is 4.79 Å². The first-order chi connectivity index (χ1) is 17.1. The van der Waals surface area contributed by atoms with Crippen molar-refractivity contribution in [3.8, 4) is 0 Å². The number of rotatable bonds is 6. The highest BCUT2D eigenvalue weighted by Gasteiger charge is 2.35. The number of alkyl carbamates (subject to hydrolysis) is 1. The Morgan fingerprint density at radius 1 is 1.00 bits per heavy atom. The van der Waals surface area contributed by atoms with Gasteiger partial charge in [0.25, 0.3) is 5.91 Å². The van der Waals surface area contributed by atoms with Crippen LogP contribution in [-0.4, -0.2) is 36.7 Å². The molecule has 2 amide bonds. The van der Waals surface area contributed by atoms with Crippen molar-refractivity contribution in [1.29, 1.82) is 0 Å². The zero-order valence-corrected chi connectivity index (χ0v) is 22.0. The van der Waals surface area contributed by atoms with E-state index in [1.165, 1.54) is 0 Å². The molecule has 0 fully saturated rings. The van der Waals surface area contributed by atoms with Crippen LogP contribution < -0.4 is 15.1 Å². The molecule has 0 saturated heterocycles. The molecular weight excluding hydrogens is 450 g/mol. The summed E-state index contributed by atoms with van der Waals surface area (Å²) < 4.78 is 5.51. The summed E-state index contributed by atoms with van der Waals surface area (Å²) in [6.07, 6.45) is 0.395. The molecule has 1 aliphatic rings. The molecule has 3 aromatic carbocycles. The van der Waals surface area contributed by atoms with Gasteiger partial charge in [0.2, 0.25) is 0 Å². The van der Waals surface area contributed by atoms with Gasteiger partial charge < -0.3 is 19.9 Å². The fourth-order valence-electron chi connectivity index (χ4n) is 4.61. The van der Waals surface area contributed by atoms with E-state index >= 15 is 0 Å². The van der Waals surface area contributed by atoms with Crippen LogP contribution in [0.4, 0.5) is 16.2 Å². The van der Waals surface area contributed by atoms with Gasteiger partial charge in [0, 0.05) is 13.1 Å². The van der Waals surface area contributed by atoms with E-state index in [0.717, 1.165) is 40.7 Å². The molecule has 1 aliphatic heterocycles. The Hall–Kier alpha value is -3.54. The minimum absolute atomic E-state index is 0.145. The second kappa shape index (κ2) is 10.6. The zero-order valence-electron chi connectivity index (χ0n) is 22.0. The molecule has 0 spiro atoms. The number of benzene rings is 3. The van der Waals surface area contributed by atoms with Gasteiger partial charge in [-0.3, -0.25) is 4.79 Å². The van der Waals surface area contributed by atoms with Gasteiger partial charge in [0.1, 0.15) is 11.6 Å². The lowest BCUT2D eigenvalue weighted by atomic mass is 10.0. The highest BCUT2D eigenvalue weighted by molar-refractivity contribution is 6.03. The molecule has 4 rings (SSSR count). The average molecular weight is 488 g/mol. The molecule has 36 heavy (non-hydrogen) atoms. The van der Waals surface area contributed by atoms with E-state index in [0.29, 0.717) is 19.0 Å². The minimum Gasteiger partial charge on any atom is -0.444 e. The molecule has 0 aromatic heterocycles. The van der Waals surface area contributed by atoms with Gasteiger partial charge in [0.15, 0.2) is 0 Å². The Morgan fingerprint density at radius 3 is 2.39 bits per heavy atom. The molecule has 6 heteroatoms. The number of carbonyl (C=O) groups excluding carboxylic acids is 2. The average Bonchev–Trinajstić information content (AvgIpc) is 2.92. The van der Waals surface area contributed by atoms with Crippen molar-refractivity contribution in [2.45, 2.75) is 59.2 Å². The van der Waals surface area contributed by atoms with Crippen LogP contribution in [0.5, 0.6) is 0 Å². The first kappa shape index (κ1) is 25.5. The normalized spacial score (nSPS) is 16.2. The molecular formula is C30H37N3O3. The fourth-order valence-corrected chi connectivity index (χ4v) is 4.61. The number of nitrogens with one attached hydrogen (secondary N) is 1. The number of nitrogens with zero attached hydrogens (tertiary/aromatic N) is 2. The van der Waals surface area contributed by atoms with Gasteiger partial charge in [-0.05, 0) is 61.6 Å². The number of amides is 2. The number of fused-ring (bicyclic) bond motifs is 2. The van der Waals surface area contributed by atoms with E-state index < -0.39 is 17.7 Å². The highest BCUT2D eigenvalue weighted by Crippen LogP contribution is 2.35. The van der Waals surface area contributed by atoms with E-state index in [9.17, 15) is 9.59 Å². The van der Waals surface area contributed by atoms with Crippen molar-refractivity contribution in [3.63, 3.8) is 0 Å². The summed E-state index contributed by atoms with van der Waals surface area (Å²) >= 11 is 0. The van der Waals surface area contributed by atoms with E-state index in [2.05, 4.69) is 54.4 Å². The summed E-state index contributed by atoms with van der Waals surface area (Å²) in [5.74, 6) is 0.369. The van der Waals surface area contributed by atoms with Gasteiger partial charge in [-0.1, -0.05) is 68.4 Å². The maximum absolute atomic E-state index is 14.1. The molecule has 6 nitrogen and oxygen atoms in total. The molecule has 3 aromatic rings. The van der Waals surface area contributed by atoms with Gasteiger partial charge in [-0.15, -0.1) is 0 Å². The molecule has 0 bridgehead atoms. The maximum atomic E-state index is 14.1. The number of hydrogen-bond acceptors (Lipinski definition) is 4. The molecule has 0 saturated carbocycles. The van der Waals surface area contributed by atoms with Crippen molar-refractivity contribution >= 4 is 34.1 Å². The third-order valence-corrected chi connectivity index (χ3v) is 6.36. The number of hydrogen-bond donors (Lipinski definition) is 1. The summed E-state index contributed by atoms with van der Waals surface area (Å²) in [5, 5.41) is 5.12. The number of anilines is 2. The molecule has 190 valence electrons. The summed E-state index contributed by atoms with van der Waals surface area (Å²) in [6.45, 7) is 11.4. The monoisotopic (exact) mass is 487 g/mol. The standard InChI is InChI=1S/C30H37N3O3/c1-21(2)17-18-32-20-25(31-29(35)36-30(3,4)5)28(34)33(27-16-9-8-15-26(27)32)19-23-13-10-12-22-11-6-7-14-24(22)23/h6-16,21,25H,17-20H2,1-5H3,(H,31,35)/t25-/m0/s1. The Labute approximate surface area is 214 Å². The Kier molecular flexibility index (Phi) is 7.53. The number of ether oxygens (including phenoxy) is 1. The van der Waals surface area contributed by atoms with E-state index in [1.54, 1.807) is 0 Å². The van der Waals surface area contributed by atoms with Crippen LogP contribution in [0, 0.1) is 5.92 Å². The van der Waals surface area contributed by atoms with Crippen molar-refractivity contribution in [2.24, 2.45) is 5.92 Å². The van der Waals surface area contributed by atoms with Crippen molar-refractivity contribution in [2.75, 3.05) is 22.9 Å². The van der Waals surface area contributed by atoms with Crippen LogP contribution >= 0.6 is 0 Å². The highest BCUT2D eigenvalue weighted by atomic mass is 16.6. The molecule has 1 heterocycles. The fraction of sp³-hybridized carbons (Fsp3) is 0.400. The quantitative estimate of drug-likeness (QED) is 0.454. The topological polar surface area (TPSA) is 61.9 Å². The number of para-hydroxylation sites is 2. The lowest BCUT2D eigenvalue weighted by Gasteiger charge is -2.28. The van der Waals surface area contributed by atoms with Crippen molar-refractivity contribution in [1.82, 2.24) is 5.32 Å². The van der Waals surface area contributed by atoms with Crippen LogP contribution in [-0.2, 0) is 16.1 Å². The van der Waals surface area contributed by atoms with Crippen molar-refractivity contribution < 1.29 is 14.3 Å². The summed E-state index contributed by atoms with van der Waals surface area (Å²) in [4.78, 5) is 30.8. The number of carbonyl (C=O) groups is 2. The molecule has 1 N–H and O–H groups in total. The van der Waals surface area contributed by atoms with Crippen LogP contribution in [0.15, 0.2) is 66.7 Å². The van der Waals surface area contributed by atoms with E-state index in [4.69, 9.17) is 4.74 Å². The maximum Gasteiger partial charge on any atom is 0.408 e. The lowest BCUT2D eigenvalue weighted by Crippen LogP contribution is -2.53. The zero-order chi connectivity index (χ0) is 25.9. The molecule has 1 atom stereocenters. The Balaban J connectivity index is 1.74. The first-order valence-electron chi connectivity index (χ1n) is 12.7.